The molecule has 0 saturated carbocycles. The molecule has 2 saturated heterocycles. The van der Waals surface area contributed by atoms with Crippen molar-refractivity contribution in [1.82, 2.24) is 19.6 Å². The van der Waals surface area contributed by atoms with Crippen LogP contribution in [-0.2, 0) is 9.84 Å². The Bertz CT molecular complexity index is 997. The molecule has 0 unspecified atom stereocenters. The molecule has 188 valence electrons. The molecule has 0 N–H and O–H groups in total. The predicted octanol–water partition coefficient (Wildman–Crippen LogP) is 1.32. The first kappa shape index (κ1) is 25.3. The number of carbonyl (C=O) groups is 2. The maximum absolute atomic E-state index is 12.6. The van der Waals surface area contributed by atoms with Gasteiger partial charge >= 0.3 is 0 Å². The number of piperazine rings is 2. The summed E-state index contributed by atoms with van der Waals surface area (Å²) >= 11 is 0. The molecule has 0 radical (unpaired) electrons. The van der Waals surface area contributed by atoms with Crippen LogP contribution in [0.4, 0.5) is 0 Å². The Morgan fingerprint density at radius 3 is 1.26 bits per heavy atom. The van der Waals surface area contributed by atoms with Crippen LogP contribution >= 0.6 is 0 Å². The lowest BCUT2D eigenvalue weighted by atomic mass is 10.2. The third-order valence-corrected chi connectivity index (χ3v) is 8.41. The molecule has 2 fully saturated rings. The maximum Gasteiger partial charge on any atom is 0.253 e. The van der Waals surface area contributed by atoms with Gasteiger partial charge in [-0.2, -0.15) is 0 Å². The molecule has 0 bridgehead atoms. The molecule has 0 atom stereocenters. The molecule has 2 heterocycles. The van der Waals surface area contributed by atoms with E-state index >= 15 is 0 Å². The molecule has 2 amide bonds. The number of benzene rings is 2. The Balaban J connectivity index is 1.14. The van der Waals surface area contributed by atoms with Crippen LogP contribution in [0.15, 0.2) is 60.7 Å². The minimum Gasteiger partial charge on any atom is -0.336 e. The first-order chi connectivity index (χ1) is 16.9. The Morgan fingerprint density at radius 2 is 0.914 bits per heavy atom. The molecule has 2 aliphatic rings. The van der Waals surface area contributed by atoms with Crippen molar-refractivity contribution in [2.24, 2.45) is 0 Å². The Hall–Kier alpha value is -2.75. The largest absolute Gasteiger partial charge is 0.336 e. The zero-order chi connectivity index (χ0) is 24.7. The molecule has 35 heavy (non-hydrogen) atoms. The standard InChI is InChI=1S/C26H34N4O4S/c31-25(23-7-3-1-4-8-23)29-15-11-27(12-16-29)19-21-35(33,34)22-20-28-13-17-30(18-14-28)26(32)24-9-5-2-6-10-24/h1-10H,11-22H2. The molecule has 2 aromatic rings. The fourth-order valence-corrected chi connectivity index (χ4v) is 5.79. The molecule has 0 spiro atoms. The van der Waals surface area contributed by atoms with Crippen molar-refractivity contribution in [1.29, 1.82) is 0 Å². The van der Waals surface area contributed by atoms with E-state index in [2.05, 4.69) is 9.80 Å². The zero-order valence-corrected chi connectivity index (χ0v) is 20.9. The van der Waals surface area contributed by atoms with Gasteiger partial charge in [-0.3, -0.25) is 19.4 Å². The Morgan fingerprint density at radius 1 is 0.571 bits per heavy atom. The van der Waals surface area contributed by atoms with E-state index in [1.54, 1.807) is 0 Å². The van der Waals surface area contributed by atoms with Crippen molar-refractivity contribution in [3.05, 3.63) is 71.8 Å². The number of amides is 2. The molecule has 9 heteroatoms. The van der Waals surface area contributed by atoms with Crippen LogP contribution in [0.25, 0.3) is 0 Å². The van der Waals surface area contributed by atoms with Gasteiger partial charge in [0, 0.05) is 76.6 Å². The molecular weight excluding hydrogens is 464 g/mol. The van der Waals surface area contributed by atoms with Crippen molar-refractivity contribution in [3.63, 3.8) is 0 Å². The summed E-state index contributed by atoms with van der Waals surface area (Å²) in [6, 6.07) is 18.5. The van der Waals surface area contributed by atoms with Crippen molar-refractivity contribution < 1.29 is 18.0 Å². The first-order valence-corrected chi connectivity index (χ1v) is 14.1. The quantitative estimate of drug-likeness (QED) is 0.546. The average molecular weight is 499 g/mol. The number of sulfone groups is 1. The second kappa shape index (κ2) is 11.8. The lowest BCUT2D eigenvalue weighted by molar-refractivity contribution is 0.0639. The van der Waals surface area contributed by atoms with E-state index in [0.29, 0.717) is 76.6 Å². The van der Waals surface area contributed by atoms with E-state index in [1.165, 1.54) is 0 Å². The highest BCUT2D eigenvalue weighted by Gasteiger charge is 2.25. The predicted molar refractivity (Wildman–Crippen MR) is 136 cm³/mol. The van der Waals surface area contributed by atoms with Crippen LogP contribution < -0.4 is 0 Å². The lowest BCUT2D eigenvalue weighted by Gasteiger charge is -2.35. The van der Waals surface area contributed by atoms with Crippen LogP contribution in [0.2, 0.25) is 0 Å². The van der Waals surface area contributed by atoms with Crippen molar-refractivity contribution in [2.75, 3.05) is 77.0 Å². The SMILES string of the molecule is O=C(c1ccccc1)N1CCN(CCS(=O)(=O)CCN2CCN(C(=O)c3ccccc3)CC2)CC1. The van der Waals surface area contributed by atoms with Crippen LogP contribution in [-0.4, -0.2) is 117 Å². The van der Waals surface area contributed by atoms with E-state index < -0.39 is 9.84 Å². The van der Waals surface area contributed by atoms with Crippen LogP contribution in [0.3, 0.4) is 0 Å². The normalized spacial score (nSPS) is 17.9. The average Bonchev–Trinajstić information content (AvgIpc) is 2.92. The van der Waals surface area contributed by atoms with Crippen molar-refractivity contribution in [2.45, 2.75) is 0 Å². The van der Waals surface area contributed by atoms with Gasteiger partial charge in [-0.05, 0) is 24.3 Å². The number of nitrogens with zero attached hydrogens (tertiary/aromatic N) is 4. The van der Waals surface area contributed by atoms with Gasteiger partial charge in [-0.15, -0.1) is 0 Å². The van der Waals surface area contributed by atoms with Gasteiger partial charge in [0.25, 0.3) is 11.8 Å². The minimum absolute atomic E-state index is 0.0310. The van der Waals surface area contributed by atoms with Gasteiger partial charge in [0.1, 0.15) is 0 Å². The summed E-state index contributed by atoms with van der Waals surface area (Å²) in [5.41, 5.74) is 1.38. The van der Waals surface area contributed by atoms with Crippen molar-refractivity contribution in [3.8, 4) is 0 Å². The molecule has 2 aromatic carbocycles. The van der Waals surface area contributed by atoms with Crippen LogP contribution in [0.5, 0.6) is 0 Å². The van der Waals surface area contributed by atoms with Gasteiger partial charge in [0.05, 0.1) is 11.5 Å². The third-order valence-electron chi connectivity index (χ3n) is 6.80. The number of hydrogen-bond acceptors (Lipinski definition) is 6. The Labute approximate surface area is 208 Å². The minimum atomic E-state index is -3.17. The number of hydrogen-bond donors (Lipinski definition) is 0. The van der Waals surface area contributed by atoms with Gasteiger partial charge in [0.2, 0.25) is 0 Å². The number of carbonyl (C=O) groups excluding carboxylic acids is 2. The maximum atomic E-state index is 12.6. The van der Waals surface area contributed by atoms with Gasteiger partial charge in [0.15, 0.2) is 9.84 Å². The summed E-state index contributed by atoms with van der Waals surface area (Å²) in [4.78, 5) is 33.1. The summed E-state index contributed by atoms with van der Waals surface area (Å²) in [6.07, 6.45) is 0. The fourth-order valence-electron chi connectivity index (χ4n) is 4.51. The summed E-state index contributed by atoms with van der Waals surface area (Å²) in [5, 5.41) is 0. The molecule has 2 aliphatic heterocycles. The highest BCUT2D eigenvalue weighted by Crippen LogP contribution is 2.11. The number of rotatable bonds is 8. The smallest absolute Gasteiger partial charge is 0.253 e. The first-order valence-electron chi connectivity index (χ1n) is 12.2. The summed E-state index contributed by atoms with van der Waals surface area (Å²) in [5.74, 6) is 0.324. The molecular formula is C26H34N4O4S. The second-order valence-electron chi connectivity index (χ2n) is 9.15. The van der Waals surface area contributed by atoms with E-state index in [-0.39, 0.29) is 23.3 Å². The van der Waals surface area contributed by atoms with Gasteiger partial charge in [-0.1, -0.05) is 36.4 Å². The molecule has 0 aliphatic carbocycles. The Kier molecular flexibility index (Phi) is 8.54. The topological polar surface area (TPSA) is 81.2 Å². The van der Waals surface area contributed by atoms with Gasteiger partial charge in [-0.25, -0.2) is 8.42 Å². The van der Waals surface area contributed by atoms with E-state index in [1.807, 2.05) is 70.5 Å². The highest BCUT2D eigenvalue weighted by atomic mass is 32.2. The highest BCUT2D eigenvalue weighted by molar-refractivity contribution is 7.91. The van der Waals surface area contributed by atoms with Crippen molar-refractivity contribution >= 4 is 21.7 Å². The molecule has 8 nitrogen and oxygen atoms in total. The third kappa shape index (κ3) is 7.13. The second-order valence-corrected chi connectivity index (χ2v) is 11.5. The summed E-state index contributed by atoms with van der Waals surface area (Å²) in [7, 11) is -3.17. The molecule has 0 aromatic heterocycles. The monoisotopic (exact) mass is 498 g/mol. The fraction of sp³-hybridized carbons (Fsp3) is 0.462. The van der Waals surface area contributed by atoms with E-state index in [4.69, 9.17) is 0 Å². The summed E-state index contributed by atoms with van der Waals surface area (Å²) in [6.45, 7) is 6.18. The zero-order valence-electron chi connectivity index (χ0n) is 20.1. The van der Waals surface area contributed by atoms with E-state index in [9.17, 15) is 18.0 Å². The molecule has 4 rings (SSSR count). The lowest BCUT2D eigenvalue weighted by Crippen LogP contribution is -2.50. The van der Waals surface area contributed by atoms with Crippen LogP contribution in [0.1, 0.15) is 20.7 Å². The van der Waals surface area contributed by atoms with E-state index in [0.717, 1.165) is 0 Å². The van der Waals surface area contributed by atoms with Crippen LogP contribution in [0, 0.1) is 0 Å². The van der Waals surface area contributed by atoms with Gasteiger partial charge < -0.3 is 9.80 Å². The summed E-state index contributed by atoms with van der Waals surface area (Å²) < 4.78 is 25.3.